The average Bonchev–Trinajstić information content (AvgIpc) is 2.95. The second-order valence-corrected chi connectivity index (χ2v) is 11.2. The molecule has 3 aromatic rings. The number of hydrogen-bond acceptors (Lipinski definition) is 0. The molecule has 1 heterocycles. The van der Waals surface area contributed by atoms with Crippen LogP contribution in [-0.4, -0.2) is 0 Å². The maximum atomic E-state index is 8.76. The fraction of sp³-hybridized carbons (Fsp3) is 0.433. The molecule has 1 aliphatic rings. The average molecular weight is 414 g/mol. The molecule has 0 radical (unpaired) electrons. The van der Waals surface area contributed by atoms with Crippen molar-refractivity contribution in [2.75, 3.05) is 0 Å². The SMILES string of the molecule is [2H]c1cc2cc(CC(C)(C)C)cc3c2c([n+]1C)C(c1cc(C)cc(C)c1C)=C3CC(C)C. The highest BCUT2D eigenvalue weighted by atomic mass is 14.9. The third-order valence-electron chi connectivity index (χ3n) is 6.51. The van der Waals surface area contributed by atoms with E-state index < -0.39 is 0 Å². The minimum Gasteiger partial charge on any atom is -0.200 e. The van der Waals surface area contributed by atoms with Crippen LogP contribution < -0.4 is 4.57 Å². The number of hydrogen-bond donors (Lipinski definition) is 0. The Kier molecular flexibility index (Phi) is 5.04. The van der Waals surface area contributed by atoms with E-state index in [1.54, 1.807) is 0 Å². The van der Waals surface area contributed by atoms with E-state index in [0.717, 1.165) is 12.8 Å². The molecule has 0 N–H and O–H groups in total. The van der Waals surface area contributed by atoms with Crippen molar-refractivity contribution in [3.63, 3.8) is 0 Å². The van der Waals surface area contributed by atoms with Crippen molar-refractivity contribution in [1.29, 1.82) is 0 Å². The van der Waals surface area contributed by atoms with E-state index in [2.05, 4.69) is 97.3 Å². The highest BCUT2D eigenvalue weighted by molar-refractivity contribution is 6.16. The van der Waals surface area contributed by atoms with Crippen LogP contribution in [0.2, 0.25) is 0 Å². The molecule has 4 rings (SSSR count). The maximum Gasteiger partial charge on any atom is 0.221 e. The number of pyridine rings is 1. The summed E-state index contributed by atoms with van der Waals surface area (Å²) >= 11 is 0. The van der Waals surface area contributed by atoms with Gasteiger partial charge in [0.05, 0.1) is 11.0 Å². The third kappa shape index (κ3) is 3.95. The Morgan fingerprint density at radius 1 is 1.00 bits per heavy atom. The number of aryl methyl sites for hydroxylation is 2. The van der Waals surface area contributed by atoms with Crippen LogP contribution in [0.15, 0.2) is 36.5 Å². The Labute approximate surface area is 190 Å². The second-order valence-electron chi connectivity index (χ2n) is 11.2. The van der Waals surface area contributed by atoms with Crippen LogP contribution in [0.1, 0.15) is 81.5 Å². The van der Waals surface area contributed by atoms with Gasteiger partial charge in [0, 0.05) is 6.07 Å². The Morgan fingerprint density at radius 2 is 1.71 bits per heavy atom. The second kappa shape index (κ2) is 7.62. The van der Waals surface area contributed by atoms with Crippen LogP contribution in [0.25, 0.3) is 21.9 Å². The van der Waals surface area contributed by atoms with Gasteiger partial charge in [-0.1, -0.05) is 64.4 Å². The van der Waals surface area contributed by atoms with Gasteiger partial charge < -0.3 is 0 Å². The number of aromatic nitrogens is 1. The topological polar surface area (TPSA) is 3.88 Å². The molecule has 0 atom stereocenters. The molecule has 1 aliphatic carbocycles. The fourth-order valence-corrected chi connectivity index (χ4v) is 5.24. The summed E-state index contributed by atoms with van der Waals surface area (Å²) in [5, 5.41) is 2.53. The number of rotatable bonds is 4. The van der Waals surface area contributed by atoms with Crippen LogP contribution in [0.3, 0.4) is 0 Å². The molecule has 1 nitrogen and oxygen atoms in total. The van der Waals surface area contributed by atoms with Crippen LogP contribution in [0.5, 0.6) is 0 Å². The minimum atomic E-state index is 0.222. The summed E-state index contributed by atoms with van der Waals surface area (Å²) < 4.78 is 10.9. The van der Waals surface area contributed by atoms with Gasteiger partial charge in [0.1, 0.15) is 8.42 Å². The largest absolute Gasteiger partial charge is 0.221 e. The van der Waals surface area contributed by atoms with Gasteiger partial charge in [-0.3, -0.25) is 0 Å². The molecule has 1 aromatic heterocycles. The van der Waals surface area contributed by atoms with E-state index in [4.69, 9.17) is 1.37 Å². The zero-order chi connectivity index (χ0) is 23.5. The van der Waals surface area contributed by atoms with Crippen molar-refractivity contribution >= 4 is 21.9 Å². The monoisotopic (exact) mass is 413 g/mol. The van der Waals surface area contributed by atoms with Crippen LogP contribution in [0, 0.1) is 32.1 Å². The first kappa shape index (κ1) is 20.5. The van der Waals surface area contributed by atoms with Crippen molar-refractivity contribution in [3.05, 3.63) is 75.6 Å². The summed E-state index contributed by atoms with van der Waals surface area (Å²) in [5.41, 5.74) is 12.3. The zero-order valence-electron chi connectivity index (χ0n) is 21.8. The predicted molar refractivity (Wildman–Crippen MR) is 134 cm³/mol. The van der Waals surface area contributed by atoms with Crippen LogP contribution in [0.4, 0.5) is 0 Å². The molecule has 31 heavy (non-hydrogen) atoms. The molecule has 2 aromatic carbocycles. The Balaban J connectivity index is 2.13. The third-order valence-corrected chi connectivity index (χ3v) is 6.51. The molecule has 0 saturated carbocycles. The lowest BCUT2D eigenvalue weighted by Crippen LogP contribution is -2.32. The van der Waals surface area contributed by atoms with Gasteiger partial charge in [0.25, 0.3) is 0 Å². The predicted octanol–water partition coefficient (Wildman–Crippen LogP) is 7.50. The number of allylic oxidation sites excluding steroid dienone is 1. The normalized spacial score (nSPS) is 14.2. The first-order valence-electron chi connectivity index (χ1n) is 12.2. The summed E-state index contributed by atoms with van der Waals surface area (Å²) in [6, 6.07) is 11.5. The van der Waals surface area contributed by atoms with E-state index in [-0.39, 0.29) is 5.41 Å². The summed E-state index contributed by atoms with van der Waals surface area (Å²) in [6.45, 7) is 18.2. The molecule has 0 unspecified atom stereocenters. The summed E-state index contributed by atoms with van der Waals surface area (Å²) in [7, 11) is 2.06. The maximum absolute atomic E-state index is 8.76. The lowest BCUT2D eigenvalue weighted by molar-refractivity contribution is -0.672. The van der Waals surface area contributed by atoms with Gasteiger partial charge in [-0.15, -0.1) is 0 Å². The van der Waals surface area contributed by atoms with E-state index in [9.17, 15) is 0 Å². The Bertz CT molecular complexity index is 1270. The lowest BCUT2D eigenvalue weighted by Gasteiger charge is -2.19. The van der Waals surface area contributed by atoms with Crippen molar-refractivity contribution in [2.45, 2.75) is 68.2 Å². The molecule has 1 heteroatoms. The lowest BCUT2D eigenvalue weighted by atomic mass is 9.85. The Hall–Kier alpha value is -2.41. The van der Waals surface area contributed by atoms with Gasteiger partial charge >= 0.3 is 0 Å². The van der Waals surface area contributed by atoms with Crippen molar-refractivity contribution in [2.24, 2.45) is 18.4 Å². The number of nitrogens with zero attached hydrogens (tertiary/aromatic N) is 1. The van der Waals surface area contributed by atoms with Crippen LogP contribution in [-0.2, 0) is 13.5 Å². The van der Waals surface area contributed by atoms with Gasteiger partial charge in [-0.05, 0) is 83.7 Å². The molecular formula is C30H38N+. The van der Waals surface area contributed by atoms with Crippen molar-refractivity contribution in [3.8, 4) is 0 Å². The van der Waals surface area contributed by atoms with Gasteiger partial charge in [-0.2, -0.15) is 0 Å². The van der Waals surface area contributed by atoms with E-state index in [1.165, 1.54) is 61.0 Å². The molecular weight excluding hydrogens is 374 g/mol. The van der Waals surface area contributed by atoms with E-state index in [0.29, 0.717) is 12.1 Å². The summed E-state index contributed by atoms with van der Waals surface area (Å²) in [6.07, 6.45) is 2.64. The Morgan fingerprint density at radius 3 is 2.35 bits per heavy atom. The first-order chi connectivity index (χ1) is 14.9. The molecule has 0 saturated heterocycles. The quantitative estimate of drug-likeness (QED) is 0.390. The molecule has 0 fully saturated rings. The smallest absolute Gasteiger partial charge is 0.200 e. The zero-order valence-corrected chi connectivity index (χ0v) is 20.8. The van der Waals surface area contributed by atoms with Gasteiger partial charge in [-0.25, -0.2) is 4.57 Å². The first-order valence-corrected chi connectivity index (χ1v) is 11.7. The molecule has 0 spiro atoms. The van der Waals surface area contributed by atoms with Gasteiger partial charge in [0.2, 0.25) is 5.69 Å². The summed E-state index contributed by atoms with van der Waals surface area (Å²) in [5.74, 6) is 0.558. The summed E-state index contributed by atoms with van der Waals surface area (Å²) in [4.78, 5) is 0. The fourth-order valence-electron chi connectivity index (χ4n) is 5.24. The standard InChI is InChI=1S/C30H38N/c1-18(2)12-25-26-16-22(17-30(6,7)8)15-23-10-11-31(9)29(27(23)26)28(25)24-14-19(3)13-20(4)21(24)5/h10-11,13-16,18H,12,17H2,1-9H3/q+1/i11D. The minimum absolute atomic E-state index is 0.222. The molecule has 0 amide bonds. The molecule has 0 bridgehead atoms. The van der Waals surface area contributed by atoms with Gasteiger partial charge in [0.15, 0.2) is 6.17 Å². The van der Waals surface area contributed by atoms with Crippen LogP contribution >= 0.6 is 0 Å². The van der Waals surface area contributed by atoms with Crippen molar-refractivity contribution in [1.82, 2.24) is 0 Å². The number of benzene rings is 2. The molecule has 0 aliphatic heterocycles. The highest BCUT2D eigenvalue weighted by Gasteiger charge is 2.34. The highest BCUT2D eigenvalue weighted by Crippen LogP contribution is 2.47. The van der Waals surface area contributed by atoms with Crippen molar-refractivity contribution < 1.29 is 5.94 Å². The van der Waals surface area contributed by atoms with E-state index in [1.807, 2.05) is 0 Å². The van der Waals surface area contributed by atoms with E-state index >= 15 is 0 Å². The molecule has 162 valence electrons.